The van der Waals surface area contributed by atoms with E-state index in [1.165, 1.54) is 30.2 Å². The van der Waals surface area contributed by atoms with Gasteiger partial charge in [0, 0.05) is 43.0 Å². The van der Waals surface area contributed by atoms with Crippen molar-refractivity contribution in [2.45, 2.75) is 6.42 Å². The van der Waals surface area contributed by atoms with Gasteiger partial charge in [0.1, 0.15) is 11.3 Å². The number of para-hydroxylation sites is 1. The molecular weight excluding hydrogens is 394 g/mol. The van der Waals surface area contributed by atoms with E-state index in [2.05, 4.69) is 27.3 Å². The molecule has 0 aliphatic carbocycles. The van der Waals surface area contributed by atoms with Crippen LogP contribution in [0, 0.1) is 0 Å². The molecule has 0 saturated carbocycles. The Balaban J connectivity index is 1.37. The summed E-state index contributed by atoms with van der Waals surface area (Å²) in [5.74, 6) is 3.15. The van der Waals surface area contributed by atoms with Crippen LogP contribution in [-0.4, -0.2) is 46.9 Å². The number of rotatable bonds is 7. The van der Waals surface area contributed by atoms with Crippen LogP contribution in [0.15, 0.2) is 72.9 Å². The standard InChI is InChI=1S/C24H25N3O2S/c28-23(22-7-4-13-25-24(22)29-21-5-2-1-3-6-21)26-20-10-8-19(9-11-20)12-14-27-15-17-30-18-16-27/h1-11,13H,12,14-18H2,(H,26,28). The second kappa shape index (κ2) is 10.3. The van der Waals surface area contributed by atoms with Gasteiger partial charge in [-0.15, -0.1) is 0 Å². The highest BCUT2D eigenvalue weighted by molar-refractivity contribution is 7.99. The van der Waals surface area contributed by atoms with Crippen molar-refractivity contribution in [2.75, 3.05) is 36.5 Å². The number of aromatic nitrogens is 1. The van der Waals surface area contributed by atoms with Crippen molar-refractivity contribution in [2.24, 2.45) is 0 Å². The minimum absolute atomic E-state index is 0.243. The van der Waals surface area contributed by atoms with Crippen molar-refractivity contribution in [3.63, 3.8) is 0 Å². The van der Waals surface area contributed by atoms with Gasteiger partial charge in [-0.2, -0.15) is 11.8 Å². The molecule has 2 heterocycles. The van der Waals surface area contributed by atoms with E-state index < -0.39 is 0 Å². The monoisotopic (exact) mass is 419 g/mol. The van der Waals surface area contributed by atoms with Crippen LogP contribution >= 0.6 is 11.8 Å². The molecule has 1 aliphatic heterocycles. The molecule has 5 nitrogen and oxygen atoms in total. The number of nitrogens with one attached hydrogen (secondary N) is 1. The van der Waals surface area contributed by atoms with Crippen molar-refractivity contribution < 1.29 is 9.53 Å². The Morgan fingerprint density at radius 2 is 1.77 bits per heavy atom. The number of thioether (sulfide) groups is 1. The number of benzene rings is 2. The first-order chi connectivity index (χ1) is 14.8. The molecule has 1 fully saturated rings. The van der Waals surface area contributed by atoms with E-state index in [1.807, 2.05) is 54.2 Å². The third kappa shape index (κ3) is 5.62. The fourth-order valence-electron chi connectivity index (χ4n) is 3.31. The minimum atomic E-state index is -0.243. The fraction of sp³-hybridized carbons (Fsp3) is 0.250. The second-order valence-electron chi connectivity index (χ2n) is 7.13. The van der Waals surface area contributed by atoms with Crippen LogP contribution in [0.3, 0.4) is 0 Å². The van der Waals surface area contributed by atoms with E-state index in [9.17, 15) is 4.79 Å². The van der Waals surface area contributed by atoms with Crippen LogP contribution in [0.4, 0.5) is 5.69 Å². The van der Waals surface area contributed by atoms with Gasteiger partial charge in [0.25, 0.3) is 5.91 Å². The van der Waals surface area contributed by atoms with E-state index in [1.54, 1.807) is 18.3 Å². The third-order valence-electron chi connectivity index (χ3n) is 5.01. The van der Waals surface area contributed by atoms with Gasteiger partial charge in [-0.25, -0.2) is 4.98 Å². The molecule has 0 bridgehead atoms. The normalized spacial score (nSPS) is 14.3. The zero-order chi connectivity index (χ0) is 20.6. The summed E-state index contributed by atoms with van der Waals surface area (Å²) in [5.41, 5.74) is 2.43. The molecule has 1 aliphatic rings. The quantitative estimate of drug-likeness (QED) is 0.601. The number of carbonyl (C=O) groups excluding carboxylic acids is 1. The number of ether oxygens (including phenoxy) is 1. The van der Waals surface area contributed by atoms with E-state index in [0.29, 0.717) is 11.3 Å². The Kier molecular flexibility index (Phi) is 7.00. The van der Waals surface area contributed by atoms with Crippen LogP contribution in [0.5, 0.6) is 11.6 Å². The first-order valence-electron chi connectivity index (χ1n) is 10.2. The smallest absolute Gasteiger partial charge is 0.261 e. The van der Waals surface area contributed by atoms with Gasteiger partial charge in [-0.1, -0.05) is 30.3 Å². The molecule has 1 aromatic heterocycles. The maximum absolute atomic E-state index is 12.8. The number of nitrogens with zero attached hydrogens (tertiary/aromatic N) is 2. The lowest BCUT2D eigenvalue weighted by Gasteiger charge is -2.26. The predicted molar refractivity (Wildman–Crippen MR) is 123 cm³/mol. The zero-order valence-electron chi connectivity index (χ0n) is 16.8. The zero-order valence-corrected chi connectivity index (χ0v) is 17.6. The van der Waals surface area contributed by atoms with Crippen LogP contribution < -0.4 is 10.1 Å². The largest absolute Gasteiger partial charge is 0.438 e. The number of carbonyl (C=O) groups is 1. The topological polar surface area (TPSA) is 54.5 Å². The number of anilines is 1. The maximum atomic E-state index is 12.8. The lowest BCUT2D eigenvalue weighted by molar-refractivity contribution is 0.102. The molecule has 0 radical (unpaired) electrons. The van der Waals surface area contributed by atoms with Crippen LogP contribution in [0.1, 0.15) is 15.9 Å². The van der Waals surface area contributed by atoms with Crippen LogP contribution in [0.2, 0.25) is 0 Å². The molecule has 3 aromatic rings. The van der Waals surface area contributed by atoms with E-state index >= 15 is 0 Å². The average Bonchev–Trinajstić information content (AvgIpc) is 2.80. The molecule has 2 aromatic carbocycles. The summed E-state index contributed by atoms with van der Waals surface area (Å²) < 4.78 is 5.80. The first-order valence-corrected chi connectivity index (χ1v) is 11.3. The van der Waals surface area contributed by atoms with Crippen molar-refractivity contribution in [3.8, 4) is 11.6 Å². The van der Waals surface area contributed by atoms with E-state index in [0.717, 1.165) is 18.7 Å². The summed E-state index contributed by atoms with van der Waals surface area (Å²) in [5, 5.41) is 2.94. The number of hydrogen-bond donors (Lipinski definition) is 1. The van der Waals surface area contributed by atoms with Gasteiger partial charge < -0.3 is 15.0 Å². The van der Waals surface area contributed by atoms with Crippen molar-refractivity contribution in [1.29, 1.82) is 0 Å². The lowest BCUT2D eigenvalue weighted by Crippen LogP contribution is -2.34. The van der Waals surface area contributed by atoms with Gasteiger partial charge in [0.05, 0.1) is 0 Å². The minimum Gasteiger partial charge on any atom is -0.438 e. The molecule has 6 heteroatoms. The fourth-order valence-corrected chi connectivity index (χ4v) is 4.29. The van der Waals surface area contributed by atoms with Gasteiger partial charge in [0.15, 0.2) is 0 Å². The van der Waals surface area contributed by atoms with E-state index in [4.69, 9.17) is 4.74 Å². The molecule has 0 spiro atoms. The molecule has 1 N–H and O–H groups in total. The highest BCUT2D eigenvalue weighted by Gasteiger charge is 2.15. The maximum Gasteiger partial charge on any atom is 0.261 e. The molecular formula is C24H25N3O2S. The van der Waals surface area contributed by atoms with Crippen molar-refractivity contribution >= 4 is 23.4 Å². The summed E-state index contributed by atoms with van der Waals surface area (Å²) in [6, 6.07) is 20.8. The van der Waals surface area contributed by atoms with Gasteiger partial charge in [0.2, 0.25) is 5.88 Å². The number of hydrogen-bond acceptors (Lipinski definition) is 5. The summed E-state index contributed by atoms with van der Waals surface area (Å²) in [4.78, 5) is 19.5. The molecule has 0 unspecified atom stereocenters. The van der Waals surface area contributed by atoms with E-state index in [-0.39, 0.29) is 11.8 Å². The molecule has 154 valence electrons. The third-order valence-corrected chi connectivity index (χ3v) is 5.95. The van der Waals surface area contributed by atoms with Crippen LogP contribution in [0.25, 0.3) is 0 Å². The summed E-state index contributed by atoms with van der Waals surface area (Å²) >= 11 is 2.03. The first kappa shape index (κ1) is 20.4. The Bertz CT molecular complexity index is 958. The SMILES string of the molecule is O=C(Nc1ccc(CCN2CCSCC2)cc1)c1cccnc1Oc1ccccc1. The number of pyridine rings is 1. The molecule has 30 heavy (non-hydrogen) atoms. The highest BCUT2D eigenvalue weighted by Crippen LogP contribution is 2.23. The molecule has 1 amide bonds. The number of amides is 1. The summed E-state index contributed by atoms with van der Waals surface area (Å²) in [6.07, 6.45) is 2.64. The van der Waals surface area contributed by atoms with Crippen molar-refractivity contribution in [1.82, 2.24) is 9.88 Å². The summed E-state index contributed by atoms with van der Waals surface area (Å²) in [6.45, 7) is 3.44. The molecule has 4 rings (SSSR count). The summed E-state index contributed by atoms with van der Waals surface area (Å²) in [7, 11) is 0. The predicted octanol–water partition coefficient (Wildman–Crippen LogP) is 4.72. The van der Waals surface area contributed by atoms with Gasteiger partial charge in [-0.3, -0.25) is 4.79 Å². The highest BCUT2D eigenvalue weighted by atomic mass is 32.2. The lowest BCUT2D eigenvalue weighted by atomic mass is 10.1. The Hall–Kier alpha value is -2.83. The average molecular weight is 420 g/mol. The van der Waals surface area contributed by atoms with Crippen molar-refractivity contribution in [3.05, 3.63) is 84.1 Å². The Labute approximate surface area is 181 Å². The Morgan fingerprint density at radius 1 is 1.00 bits per heavy atom. The molecule has 1 saturated heterocycles. The van der Waals surface area contributed by atoms with Gasteiger partial charge >= 0.3 is 0 Å². The molecule has 0 atom stereocenters. The van der Waals surface area contributed by atoms with Gasteiger partial charge in [-0.05, 0) is 48.4 Å². The second-order valence-corrected chi connectivity index (χ2v) is 8.35. The van der Waals surface area contributed by atoms with Crippen LogP contribution in [-0.2, 0) is 6.42 Å². The Morgan fingerprint density at radius 3 is 2.53 bits per heavy atom.